The van der Waals surface area contributed by atoms with Crippen LogP contribution in [0.3, 0.4) is 0 Å². The van der Waals surface area contributed by atoms with Crippen LogP contribution in [0.5, 0.6) is 5.75 Å². The minimum Gasteiger partial charge on any atom is -0.493 e. The number of nitrogens with one attached hydrogen (secondary N) is 1. The Hall–Kier alpha value is -1.90. The third-order valence-electron chi connectivity index (χ3n) is 3.97. The van der Waals surface area contributed by atoms with Gasteiger partial charge in [0.05, 0.1) is 12.3 Å². The molecule has 0 aliphatic rings. The summed E-state index contributed by atoms with van der Waals surface area (Å²) in [6, 6.07) is 16.1. The van der Waals surface area contributed by atoms with Gasteiger partial charge in [0.1, 0.15) is 5.75 Å². The molecule has 148 valence electrons. The van der Waals surface area contributed by atoms with E-state index in [4.69, 9.17) is 4.74 Å². The molecule has 0 spiro atoms. The zero-order chi connectivity index (χ0) is 19.6. The van der Waals surface area contributed by atoms with Crippen LogP contribution in [0.1, 0.15) is 25.3 Å². The molecule has 0 amide bonds. The lowest BCUT2D eigenvalue weighted by molar-refractivity contribution is 0.313. The fraction of sp³-hybridized carbons (Fsp3) is 0.350. The molecule has 6 nitrogen and oxygen atoms in total. The van der Waals surface area contributed by atoms with Gasteiger partial charge in [-0.05, 0) is 60.1 Å². The minimum atomic E-state index is 0.738. The Balaban J connectivity index is 1.43. The average Bonchev–Trinajstić information content (AvgIpc) is 3.19. The number of hydrogen-bond acceptors (Lipinski definition) is 6. The molecule has 0 aliphatic carbocycles. The van der Waals surface area contributed by atoms with Crippen LogP contribution in [0, 0.1) is 0 Å². The maximum atomic E-state index is 5.83. The number of thioether (sulfide) groups is 1. The Morgan fingerprint density at radius 1 is 1.18 bits per heavy atom. The highest BCUT2D eigenvalue weighted by Gasteiger charge is 2.08. The first-order chi connectivity index (χ1) is 13.8. The Kier molecular flexibility index (Phi) is 8.32. The fourth-order valence-electron chi connectivity index (χ4n) is 2.62. The van der Waals surface area contributed by atoms with Gasteiger partial charge in [0.2, 0.25) is 5.16 Å². The van der Waals surface area contributed by atoms with Gasteiger partial charge in [0.15, 0.2) is 0 Å². The number of nitrogens with zero attached hydrogens (tertiary/aromatic N) is 4. The van der Waals surface area contributed by atoms with Crippen molar-refractivity contribution >= 4 is 27.7 Å². The van der Waals surface area contributed by atoms with Gasteiger partial charge in [-0.2, -0.15) is 4.68 Å². The fourth-order valence-corrected chi connectivity index (χ4v) is 3.86. The molecule has 1 aromatic heterocycles. The second kappa shape index (κ2) is 11.2. The third-order valence-corrected chi connectivity index (χ3v) is 5.47. The molecule has 0 radical (unpaired) electrons. The van der Waals surface area contributed by atoms with Crippen molar-refractivity contribution in [3.63, 3.8) is 0 Å². The Bertz CT molecular complexity index is 859. The van der Waals surface area contributed by atoms with Crippen molar-refractivity contribution < 1.29 is 4.74 Å². The molecule has 2 aromatic carbocycles. The number of rotatable bonds is 11. The van der Waals surface area contributed by atoms with Crippen LogP contribution in [0.4, 0.5) is 0 Å². The van der Waals surface area contributed by atoms with Crippen LogP contribution in [-0.2, 0) is 6.54 Å². The second-order valence-corrected chi connectivity index (χ2v) is 8.17. The quantitative estimate of drug-likeness (QED) is 0.335. The predicted molar refractivity (Wildman–Crippen MR) is 116 cm³/mol. The van der Waals surface area contributed by atoms with E-state index in [-0.39, 0.29) is 0 Å². The van der Waals surface area contributed by atoms with Gasteiger partial charge in [-0.25, -0.2) is 0 Å². The zero-order valence-corrected chi connectivity index (χ0v) is 18.2. The molecule has 1 N–H and O–H groups in total. The van der Waals surface area contributed by atoms with E-state index in [9.17, 15) is 0 Å². The summed E-state index contributed by atoms with van der Waals surface area (Å²) in [6.07, 6.45) is 2.02. The monoisotopic (exact) mass is 461 g/mol. The summed E-state index contributed by atoms with van der Waals surface area (Å²) in [4.78, 5) is 0. The highest BCUT2D eigenvalue weighted by Crippen LogP contribution is 2.23. The summed E-state index contributed by atoms with van der Waals surface area (Å²) in [5.74, 6) is 1.90. The number of hydrogen-bond donors (Lipinski definition) is 1. The van der Waals surface area contributed by atoms with Gasteiger partial charge in [-0.1, -0.05) is 52.8 Å². The first-order valence-corrected chi connectivity index (χ1v) is 11.1. The molecule has 0 bridgehead atoms. The summed E-state index contributed by atoms with van der Waals surface area (Å²) in [5.41, 5.74) is 2.14. The first-order valence-electron chi connectivity index (χ1n) is 9.36. The number of para-hydroxylation sites is 1. The molecule has 0 saturated heterocycles. The second-order valence-electron chi connectivity index (χ2n) is 6.19. The maximum Gasteiger partial charge on any atom is 0.214 e. The standard InChI is InChI=1S/C20H24BrN5OS/c1-2-12-27-19-10-9-17(21)14-16(19)15-22-11-6-13-28-20-23-24-25-26(20)18-7-4-3-5-8-18/h3-5,7-10,14,22H,2,6,11-13,15H2,1H3. The lowest BCUT2D eigenvalue weighted by Crippen LogP contribution is -2.16. The molecular weight excluding hydrogens is 438 g/mol. The Labute approximate surface area is 178 Å². The van der Waals surface area contributed by atoms with Crippen molar-refractivity contribution in [1.82, 2.24) is 25.5 Å². The number of halogens is 1. The van der Waals surface area contributed by atoms with Crippen LogP contribution in [0.25, 0.3) is 5.69 Å². The molecule has 0 atom stereocenters. The molecule has 3 rings (SSSR count). The summed E-state index contributed by atoms with van der Waals surface area (Å²) in [6.45, 7) is 4.55. The van der Waals surface area contributed by atoms with Crippen molar-refractivity contribution in [3.05, 3.63) is 58.6 Å². The van der Waals surface area contributed by atoms with E-state index in [1.165, 1.54) is 5.56 Å². The number of ether oxygens (including phenoxy) is 1. The number of aromatic nitrogens is 4. The SMILES string of the molecule is CCCOc1ccc(Br)cc1CNCCCSc1nnnn1-c1ccccc1. The predicted octanol–water partition coefficient (Wildman–Crippen LogP) is 4.49. The molecule has 0 fully saturated rings. The van der Waals surface area contributed by atoms with Crippen molar-refractivity contribution in [2.75, 3.05) is 18.9 Å². The van der Waals surface area contributed by atoms with Crippen LogP contribution in [0.15, 0.2) is 58.2 Å². The third kappa shape index (κ3) is 6.05. The lowest BCUT2D eigenvalue weighted by Gasteiger charge is -2.12. The van der Waals surface area contributed by atoms with Crippen molar-refractivity contribution in [2.45, 2.75) is 31.5 Å². The molecular formula is C20H24BrN5OS. The topological polar surface area (TPSA) is 64.9 Å². The smallest absolute Gasteiger partial charge is 0.214 e. The van der Waals surface area contributed by atoms with E-state index < -0.39 is 0 Å². The van der Waals surface area contributed by atoms with Gasteiger partial charge in [-0.3, -0.25) is 0 Å². The first kappa shape index (κ1) is 20.8. The maximum absolute atomic E-state index is 5.83. The van der Waals surface area contributed by atoms with Crippen molar-refractivity contribution in [1.29, 1.82) is 0 Å². The van der Waals surface area contributed by atoms with E-state index in [2.05, 4.69) is 49.8 Å². The van der Waals surface area contributed by atoms with E-state index in [1.54, 1.807) is 16.4 Å². The summed E-state index contributed by atoms with van der Waals surface area (Å²) in [7, 11) is 0. The highest BCUT2D eigenvalue weighted by molar-refractivity contribution is 9.10. The van der Waals surface area contributed by atoms with E-state index in [0.717, 1.165) is 59.4 Å². The Morgan fingerprint density at radius 3 is 2.86 bits per heavy atom. The van der Waals surface area contributed by atoms with E-state index >= 15 is 0 Å². The number of benzene rings is 2. The summed E-state index contributed by atoms with van der Waals surface area (Å²) < 4.78 is 8.67. The Morgan fingerprint density at radius 2 is 2.04 bits per heavy atom. The molecule has 0 saturated carbocycles. The zero-order valence-electron chi connectivity index (χ0n) is 15.8. The number of tetrazole rings is 1. The van der Waals surface area contributed by atoms with Crippen molar-refractivity contribution in [3.8, 4) is 11.4 Å². The molecule has 1 heterocycles. The van der Waals surface area contributed by atoms with Gasteiger partial charge in [0.25, 0.3) is 0 Å². The van der Waals surface area contributed by atoms with Crippen LogP contribution in [-0.4, -0.2) is 39.1 Å². The van der Waals surface area contributed by atoms with Crippen LogP contribution < -0.4 is 10.1 Å². The van der Waals surface area contributed by atoms with E-state index in [0.29, 0.717) is 0 Å². The summed E-state index contributed by atoms with van der Waals surface area (Å²) >= 11 is 5.20. The highest BCUT2D eigenvalue weighted by atomic mass is 79.9. The van der Waals surface area contributed by atoms with E-state index in [1.807, 2.05) is 42.5 Å². The normalized spacial score (nSPS) is 10.9. The average molecular weight is 462 g/mol. The van der Waals surface area contributed by atoms with Gasteiger partial charge in [0, 0.05) is 22.3 Å². The molecule has 0 unspecified atom stereocenters. The lowest BCUT2D eigenvalue weighted by atomic mass is 10.2. The minimum absolute atomic E-state index is 0.738. The molecule has 0 aliphatic heterocycles. The molecule has 8 heteroatoms. The largest absolute Gasteiger partial charge is 0.493 e. The molecule has 3 aromatic rings. The van der Waals surface area contributed by atoms with Gasteiger partial charge in [-0.15, -0.1) is 5.10 Å². The van der Waals surface area contributed by atoms with Crippen molar-refractivity contribution in [2.24, 2.45) is 0 Å². The van der Waals surface area contributed by atoms with Crippen LogP contribution in [0.2, 0.25) is 0 Å². The molecule has 28 heavy (non-hydrogen) atoms. The van der Waals surface area contributed by atoms with Gasteiger partial charge >= 0.3 is 0 Å². The van der Waals surface area contributed by atoms with Crippen LogP contribution >= 0.6 is 27.7 Å². The van der Waals surface area contributed by atoms with Gasteiger partial charge < -0.3 is 10.1 Å². The summed E-state index contributed by atoms with van der Waals surface area (Å²) in [5, 5.41) is 16.3.